The minimum absolute atomic E-state index is 0.256. The molecule has 2 heterocycles. The molecule has 214 valence electrons. The molecule has 1 saturated heterocycles. The first-order valence-corrected chi connectivity index (χ1v) is 14.8. The van der Waals surface area contributed by atoms with Crippen LogP contribution in [-0.2, 0) is 16.0 Å². The number of amides is 1. The molecule has 0 aliphatic carbocycles. The fourth-order valence-electron chi connectivity index (χ4n) is 5.37. The molecule has 0 unspecified atom stereocenters. The lowest BCUT2D eigenvalue weighted by molar-refractivity contribution is -0.137. The van der Waals surface area contributed by atoms with E-state index in [1.807, 2.05) is 60.7 Å². The van der Waals surface area contributed by atoms with Crippen LogP contribution in [0.15, 0.2) is 95.9 Å². The van der Waals surface area contributed by atoms with Gasteiger partial charge in [-0.15, -0.1) is 0 Å². The standard InChI is InChI=1S/C31H30F3N3O3S/c1-30(2,41(39,40)26-15-9-12-24(20-26)31(32,33)34)23-16-18-36(19-17-23)29(38)27-21-28(22-10-5-3-6-11-22)37(35-27)25-13-7-4-8-14-25/h3-15,20-21,23H,16-19H2,1-2H3. The van der Waals surface area contributed by atoms with Crippen LogP contribution in [0.5, 0.6) is 0 Å². The summed E-state index contributed by atoms with van der Waals surface area (Å²) in [5.74, 6) is -0.610. The fraction of sp³-hybridized carbons (Fsp3) is 0.290. The van der Waals surface area contributed by atoms with E-state index < -0.39 is 26.3 Å². The molecule has 0 bridgehead atoms. The Morgan fingerprint density at radius 1 is 0.854 bits per heavy atom. The van der Waals surface area contributed by atoms with E-state index in [1.54, 1.807) is 29.5 Å². The maximum atomic E-state index is 13.6. The van der Waals surface area contributed by atoms with Crippen LogP contribution >= 0.6 is 0 Å². The van der Waals surface area contributed by atoms with Crippen LogP contribution in [0, 0.1) is 5.92 Å². The second-order valence-electron chi connectivity index (χ2n) is 10.7. The highest BCUT2D eigenvalue weighted by atomic mass is 32.2. The highest BCUT2D eigenvalue weighted by Crippen LogP contribution is 2.40. The molecule has 10 heteroatoms. The molecule has 1 aliphatic heterocycles. The third-order valence-electron chi connectivity index (χ3n) is 7.93. The average molecular weight is 582 g/mol. The van der Waals surface area contributed by atoms with Gasteiger partial charge in [0.2, 0.25) is 0 Å². The lowest BCUT2D eigenvalue weighted by atomic mass is 9.85. The van der Waals surface area contributed by atoms with Crippen LogP contribution in [0.25, 0.3) is 16.9 Å². The number of aromatic nitrogens is 2. The minimum atomic E-state index is -4.64. The van der Waals surface area contributed by atoms with E-state index in [2.05, 4.69) is 5.10 Å². The molecule has 1 aromatic heterocycles. The minimum Gasteiger partial charge on any atom is -0.337 e. The number of sulfone groups is 1. The summed E-state index contributed by atoms with van der Waals surface area (Å²) in [5, 5.41) is 4.64. The van der Waals surface area contributed by atoms with Crippen LogP contribution < -0.4 is 0 Å². The van der Waals surface area contributed by atoms with Gasteiger partial charge in [-0.2, -0.15) is 18.3 Å². The summed E-state index contributed by atoms with van der Waals surface area (Å²) in [4.78, 5) is 14.9. The summed E-state index contributed by atoms with van der Waals surface area (Å²) in [7, 11) is -4.09. The highest BCUT2D eigenvalue weighted by Gasteiger charge is 2.45. The predicted octanol–water partition coefficient (Wildman–Crippen LogP) is 6.66. The second kappa shape index (κ2) is 10.8. The molecular weight excluding hydrogens is 551 g/mol. The molecule has 41 heavy (non-hydrogen) atoms. The van der Waals surface area contributed by atoms with E-state index in [0.29, 0.717) is 32.0 Å². The Bertz CT molecular complexity index is 1590. The van der Waals surface area contributed by atoms with Crippen molar-refractivity contribution in [1.82, 2.24) is 14.7 Å². The first-order valence-electron chi connectivity index (χ1n) is 13.3. The summed E-state index contributed by atoms with van der Waals surface area (Å²) >= 11 is 0. The molecule has 1 fully saturated rings. The second-order valence-corrected chi connectivity index (χ2v) is 13.3. The first-order chi connectivity index (χ1) is 19.4. The summed E-state index contributed by atoms with van der Waals surface area (Å²) in [6.45, 7) is 3.73. The summed E-state index contributed by atoms with van der Waals surface area (Å²) in [6, 6.07) is 24.8. The monoisotopic (exact) mass is 581 g/mol. The van der Waals surface area contributed by atoms with Crippen LogP contribution in [-0.4, -0.2) is 46.8 Å². The van der Waals surface area contributed by atoms with E-state index in [1.165, 1.54) is 6.07 Å². The summed E-state index contributed by atoms with van der Waals surface area (Å²) in [5.41, 5.74) is 1.76. The number of para-hydroxylation sites is 1. The number of nitrogens with zero attached hydrogens (tertiary/aromatic N) is 3. The maximum absolute atomic E-state index is 13.6. The number of carbonyl (C=O) groups excluding carboxylic acids is 1. The van der Waals surface area contributed by atoms with Gasteiger partial charge in [-0.05, 0) is 69.0 Å². The van der Waals surface area contributed by atoms with Gasteiger partial charge in [0.05, 0.1) is 26.6 Å². The molecule has 0 spiro atoms. The molecule has 1 aliphatic rings. The Balaban J connectivity index is 1.35. The number of halogens is 3. The molecule has 0 saturated carbocycles. The van der Waals surface area contributed by atoms with Gasteiger partial charge < -0.3 is 4.90 Å². The lowest BCUT2D eigenvalue weighted by Gasteiger charge is -2.40. The number of carbonyl (C=O) groups is 1. The van der Waals surface area contributed by atoms with Crippen molar-refractivity contribution in [2.75, 3.05) is 13.1 Å². The summed E-state index contributed by atoms with van der Waals surface area (Å²) in [6.07, 6.45) is -3.86. The smallest absolute Gasteiger partial charge is 0.337 e. The number of alkyl halides is 3. The van der Waals surface area contributed by atoms with Crippen molar-refractivity contribution in [2.24, 2.45) is 5.92 Å². The zero-order valence-electron chi connectivity index (χ0n) is 22.7. The molecular formula is C31H30F3N3O3S. The number of rotatable bonds is 6. The van der Waals surface area contributed by atoms with Crippen molar-refractivity contribution in [3.05, 3.63) is 102 Å². The van der Waals surface area contributed by atoms with Crippen LogP contribution in [0.3, 0.4) is 0 Å². The normalized spacial score (nSPS) is 15.2. The molecule has 6 nitrogen and oxygen atoms in total. The quantitative estimate of drug-likeness (QED) is 0.255. The van der Waals surface area contributed by atoms with Crippen LogP contribution in [0.2, 0.25) is 0 Å². The van der Waals surface area contributed by atoms with Gasteiger partial charge in [-0.25, -0.2) is 13.1 Å². The average Bonchev–Trinajstić information content (AvgIpc) is 3.43. The number of likely N-dealkylation sites (tertiary alicyclic amines) is 1. The van der Waals surface area contributed by atoms with Gasteiger partial charge in [-0.3, -0.25) is 4.79 Å². The number of hydrogen-bond donors (Lipinski definition) is 0. The zero-order chi connectivity index (χ0) is 29.4. The Morgan fingerprint density at radius 3 is 2.07 bits per heavy atom. The van der Waals surface area contributed by atoms with Gasteiger partial charge in [0, 0.05) is 18.7 Å². The number of benzene rings is 3. The van der Waals surface area contributed by atoms with E-state index in [0.717, 1.165) is 29.1 Å². The predicted molar refractivity (Wildman–Crippen MR) is 150 cm³/mol. The summed E-state index contributed by atoms with van der Waals surface area (Å²) < 4.78 is 67.2. The van der Waals surface area contributed by atoms with E-state index in [-0.39, 0.29) is 22.4 Å². The van der Waals surface area contributed by atoms with Crippen LogP contribution in [0.1, 0.15) is 42.7 Å². The van der Waals surface area contributed by atoms with Gasteiger partial charge >= 0.3 is 6.18 Å². The third-order valence-corrected chi connectivity index (χ3v) is 10.5. The van der Waals surface area contributed by atoms with Crippen molar-refractivity contribution < 1.29 is 26.4 Å². The molecule has 4 aromatic rings. The van der Waals surface area contributed by atoms with Gasteiger partial charge in [0.15, 0.2) is 15.5 Å². The fourth-order valence-corrected chi connectivity index (χ4v) is 7.19. The van der Waals surface area contributed by atoms with E-state index in [4.69, 9.17) is 0 Å². The highest BCUT2D eigenvalue weighted by molar-refractivity contribution is 7.92. The van der Waals surface area contributed by atoms with Gasteiger partial charge in [0.25, 0.3) is 5.91 Å². The van der Waals surface area contributed by atoms with E-state index >= 15 is 0 Å². The largest absolute Gasteiger partial charge is 0.416 e. The van der Waals surface area contributed by atoms with Crippen molar-refractivity contribution in [2.45, 2.75) is 42.5 Å². The number of piperidine rings is 1. The Kier molecular flexibility index (Phi) is 7.54. The van der Waals surface area contributed by atoms with Crippen molar-refractivity contribution in [3.8, 4) is 16.9 Å². The number of hydrogen-bond acceptors (Lipinski definition) is 4. The molecule has 0 N–H and O–H groups in total. The Morgan fingerprint density at radius 2 is 1.46 bits per heavy atom. The lowest BCUT2D eigenvalue weighted by Crippen LogP contribution is -2.47. The Labute approximate surface area is 237 Å². The molecule has 0 atom stereocenters. The SMILES string of the molecule is CC(C)(C1CCN(C(=O)c2cc(-c3ccccc3)n(-c3ccccc3)n2)CC1)S(=O)(=O)c1cccc(C(F)(F)F)c1. The van der Waals surface area contributed by atoms with Crippen LogP contribution in [0.4, 0.5) is 13.2 Å². The zero-order valence-corrected chi connectivity index (χ0v) is 23.5. The molecule has 5 rings (SSSR count). The van der Waals surface area contributed by atoms with Crippen molar-refractivity contribution in [3.63, 3.8) is 0 Å². The maximum Gasteiger partial charge on any atom is 0.416 e. The van der Waals surface area contributed by atoms with Crippen molar-refractivity contribution in [1.29, 1.82) is 0 Å². The third kappa shape index (κ3) is 5.53. The van der Waals surface area contributed by atoms with Crippen molar-refractivity contribution >= 4 is 15.7 Å². The molecule has 3 aromatic carbocycles. The topological polar surface area (TPSA) is 72.3 Å². The first kappa shape index (κ1) is 28.6. The molecule has 1 amide bonds. The van der Waals surface area contributed by atoms with E-state index in [9.17, 15) is 26.4 Å². The van der Waals surface area contributed by atoms with Gasteiger partial charge in [-0.1, -0.05) is 54.6 Å². The molecule has 0 radical (unpaired) electrons. The van der Waals surface area contributed by atoms with Gasteiger partial charge in [0.1, 0.15) is 0 Å². The Hall–Kier alpha value is -3.92.